The predicted molar refractivity (Wildman–Crippen MR) is 83.1 cm³/mol. The number of halogens is 1. The highest BCUT2D eigenvalue weighted by Crippen LogP contribution is 2.17. The fourth-order valence-corrected chi connectivity index (χ4v) is 2.03. The molecule has 0 radical (unpaired) electrons. The summed E-state index contributed by atoms with van der Waals surface area (Å²) in [4.78, 5) is 11.9. The van der Waals surface area contributed by atoms with Crippen LogP contribution in [0.2, 0.25) is 0 Å². The highest BCUT2D eigenvalue weighted by molar-refractivity contribution is 5.90. The first-order chi connectivity index (χ1) is 11.2. The van der Waals surface area contributed by atoms with Crippen molar-refractivity contribution in [2.45, 2.75) is 12.8 Å². The summed E-state index contributed by atoms with van der Waals surface area (Å²) >= 11 is 0. The molecule has 1 N–H and O–H groups in total. The van der Waals surface area contributed by atoms with Crippen LogP contribution in [0.15, 0.2) is 59.0 Å². The maximum absolute atomic E-state index is 12.8. The van der Waals surface area contributed by atoms with E-state index >= 15 is 0 Å². The number of hydrogen-bond acceptors (Lipinski definition) is 4. The number of carbonyl (C=O) groups is 1. The van der Waals surface area contributed by atoms with Gasteiger partial charge in [0, 0.05) is 24.1 Å². The minimum Gasteiger partial charge on any atom is -0.421 e. The minimum absolute atomic E-state index is 0.198. The molecule has 0 bridgehead atoms. The van der Waals surface area contributed by atoms with Gasteiger partial charge in [-0.05, 0) is 36.4 Å². The van der Waals surface area contributed by atoms with E-state index in [4.69, 9.17) is 4.42 Å². The van der Waals surface area contributed by atoms with Gasteiger partial charge in [0.1, 0.15) is 5.82 Å². The Morgan fingerprint density at radius 3 is 2.52 bits per heavy atom. The van der Waals surface area contributed by atoms with Gasteiger partial charge in [-0.3, -0.25) is 4.79 Å². The SMILES string of the molecule is O=C(CCc1nnc(-c2ccccc2)o1)Nc1ccc(F)cc1. The van der Waals surface area contributed by atoms with Crippen LogP contribution in [-0.2, 0) is 11.2 Å². The van der Waals surface area contributed by atoms with Crippen LogP contribution in [0, 0.1) is 5.82 Å². The van der Waals surface area contributed by atoms with E-state index in [1.165, 1.54) is 24.3 Å². The van der Waals surface area contributed by atoms with Gasteiger partial charge in [0.15, 0.2) is 0 Å². The number of anilines is 1. The van der Waals surface area contributed by atoms with E-state index in [9.17, 15) is 9.18 Å². The lowest BCUT2D eigenvalue weighted by Crippen LogP contribution is -2.12. The fraction of sp³-hybridized carbons (Fsp3) is 0.118. The largest absolute Gasteiger partial charge is 0.421 e. The highest BCUT2D eigenvalue weighted by Gasteiger charge is 2.10. The summed E-state index contributed by atoms with van der Waals surface area (Å²) in [6.45, 7) is 0. The first-order valence-corrected chi connectivity index (χ1v) is 7.14. The lowest BCUT2D eigenvalue weighted by molar-refractivity contribution is -0.116. The molecule has 1 aromatic heterocycles. The van der Waals surface area contributed by atoms with E-state index in [2.05, 4.69) is 15.5 Å². The van der Waals surface area contributed by atoms with Gasteiger partial charge in [0.25, 0.3) is 0 Å². The number of rotatable bonds is 5. The van der Waals surface area contributed by atoms with E-state index < -0.39 is 0 Å². The van der Waals surface area contributed by atoms with Gasteiger partial charge in [0.05, 0.1) is 0 Å². The zero-order valence-corrected chi connectivity index (χ0v) is 12.2. The molecule has 0 unspecified atom stereocenters. The lowest BCUT2D eigenvalue weighted by atomic mass is 10.2. The summed E-state index contributed by atoms with van der Waals surface area (Å²) < 4.78 is 18.3. The molecule has 3 rings (SSSR count). The summed E-state index contributed by atoms with van der Waals surface area (Å²) in [5, 5.41) is 10.6. The fourth-order valence-electron chi connectivity index (χ4n) is 2.03. The van der Waals surface area contributed by atoms with Crippen molar-refractivity contribution in [1.82, 2.24) is 10.2 Å². The maximum atomic E-state index is 12.8. The van der Waals surface area contributed by atoms with E-state index in [1.54, 1.807) is 0 Å². The van der Waals surface area contributed by atoms with Crippen molar-refractivity contribution in [2.75, 3.05) is 5.32 Å². The number of hydrogen-bond donors (Lipinski definition) is 1. The lowest BCUT2D eigenvalue weighted by Gasteiger charge is -2.03. The third kappa shape index (κ3) is 4.00. The maximum Gasteiger partial charge on any atom is 0.247 e. The zero-order valence-electron chi connectivity index (χ0n) is 12.2. The molecular formula is C17H14FN3O2. The third-order valence-electron chi connectivity index (χ3n) is 3.18. The number of amides is 1. The van der Waals surface area contributed by atoms with Crippen molar-refractivity contribution in [3.05, 3.63) is 66.3 Å². The smallest absolute Gasteiger partial charge is 0.247 e. The van der Waals surface area contributed by atoms with Gasteiger partial charge in [0.2, 0.25) is 17.7 Å². The number of carbonyl (C=O) groups excluding carboxylic acids is 1. The second kappa shape index (κ2) is 6.83. The zero-order chi connectivity index (χ0) is 16.1. The first-order valence-electron chi connectivity index (χ1n) is 7.14. The number of aromatic nitrogens is 2. The quantitative estimate of drug-likeness (QED) is 0.783. The Balaban J connectivity index is 1.55. The summed E-state index contributed by atoms with van der Waals surface area (Å²) in [6, 6.07) is 15.0. The molecule has 5 nitrogen and oxygen atoms in total. The summed E-state index contributed by atoms with van der Waals surface area (Å²) in [5.74, 6) is 0.288. The second-order valence-electron chi connectivity index (χ2n) is 4.92. The molecule has 23 heavy (non-hydrogen) atoms. The first kappa shape index (κ1) is 14.9. The molecule has 1 heterocycles. The molecular weight excluding hydrogens is 297 g/mol. The molecule has 0 spiro atoms. The van der Waals surface area contributed by atoms with Gasteiger partial charge in [-0.25, -0.2) is 4.39 Å². The van der Waals surface area contributed by atoms with Crippen molar-refractivity contribution in [1.29, 1.82) is 0 Å². The molecule has 0 atom stereocenters. The molecule has 0 aliphatic carbocycles. The molecule has 0 saturated carbocycles. The number of benzene rings is 2. The van der Waals surface area contributed by atoms with Crippen LogP contribution in [0.25, 0.3) is 11.5 Å². The Bertz CT molecular complexity index is 785. The number of nitrogens with zero attached hydrogens (tertiary/aromatic N) is 2. The Hall–Kier alpha value is -3.02. The average Bonchev–Trinajstić information content (AvgIpc) is 3.05. The topological polar surface area (TPSA) is 68.0 Å². The molecule has 6 heteroatoms. The van der Waals surface area contributed by atoms with Crippen LogP contribution in [0.1, 0.15) is 12.3 Å². The van der Waals surface area contributed by atoms with Crippen LogP contribution in [0.3, 0.4) is 0 Å². The molecule has 2 aromatic carbocycles. The van der Waals surface area contributed by atoms with Crippen LogP contribution >= 0.6 is 0 Å². The van der Waals surface area contributed by atoms with Crippen molar-refractivity contribution in [3.8, 4) is 11.5 Å². The molecule has 0 aliphatic heterocycles. The van der Waals surface area contributed by atoms with Gasteiger partial charge < -0.3 is 9.73 Å². The standard InChI is InChI=1S/C17H14FN3O2/c18-13-6-8-14(9-7-13)19-15(22)10-11-16-20-21-17(23-16)12-4-2-1-3-5-12/h1-9H,10-11H2,(H,19,22). The summed E-state index contributed by atoms with van der Waals surface area (Å²) in [6.07, 6.45) is 0.542. The van der Waals surface area contributed by atoms with Gasteiger partial charge >= 0.3 is 0 Å². The Kier molecular flexibility index (Phi) is 4.42. The Labute approximate surface area is 132 Å². The van der Waals surface area contributed by atoms with E-state index in [1.807, 2.05) is 30.3 Å². The number of nitrogens with one attached hydrogen (secondary N) is 1. The number of aryl methyl sites for hydroxylation is 1. The molecule has 0 aliphatic rings. The normalized spacial score (nSPS) is 10.5. The Morgan fingerprint density at radius 2 is 1.78 bits per heavy atom. The molecule has 0 saturated heterocycles. The molecule has 0 fully saturated rings. The van der Waals surface area contributed by atoms with Crippen LogP contribution in [-0.4, -0.2) is 16.1 Å². The van der Waals surface area contributed by atoms with Crippen LogP contribution in [0.4, 0.5) is 10.1 Å². The van der Waals surface area contributed by atoms with Gasteiger partial charge in [-0.2, -0.15) is 0 Å². The van der Waals surface area contributed by atoms with Crippen LogP contribution < -0.4 is 5.32 Å². The van der Waals surface area contributed by atoms with Crippen molar-refractivity contribution in [2.24, 2.45) is 0 Å². The highest BCUT2D eigenvalue weighted by atomic mass is 19.1. The second-order valence-corrected chi connectivity index (χ2v) is 4.92. The van der Waals surface area contributed by atoms with Crippen molar-refractivity contribution >= 4 is 11.6 Å². The van der Waals surface area contributed by atoms with E-state index in [0.717, 1.165) is 5.56 Å². The van der Waals surface area contributed by atoms with Gasteiger partial charge in [-0.15, -0.1) is 10.2 Å². The Morgan fingerprint density at radius 1 is 1.04 bits per heavy atom. The minimum atomic E-state index is -0.345. The van der Waals surface area contributed by atoms with Gasteiger partial charge in [-0.1, -0.05) is 18.2 Å². The monoisotopic (exact) mass is 311 g/mol. The van der Waals surface area contributed by atoms with E-state index in [-0.39, 0.29) is 18.1 Å². The predicted octanol–water partition coefficient (Wildman–Crippen LogP) is 3.45. The van der Waals surface area contributed by atoms with Crippen LogP contribution in [0.5, 0.6) is 0 Å². The molecule has 1 amide bonds. The van der Waals surface area contributed by atoms with Crippen molar-refractivity contribution in [3.63, 3.8) is 0 Å². The third-order valence-corrected chi connectivity index (χ3v) is 3.18. The van der Waals surface area contributed by atoms with E-state index in [0.29, 0.717) is 23.9 Å². The van der Waals surface area contributed by atoms with Crippen molar-refractivity contribution < 1.29 is 13.6 Å². The summed E-state index contributed by atoms with van der Waals surface area (Å²) in [7, 11) is 0. The molecule has 3 aromatic rings. The average molecular weight is 311 g/mol. The summed E-state index contributed by atoms with van der Waals surface area (Å²) in [5.41, 5.74) is 1.38. The molecule has 116 valence electrons.